The molecule has 4 rings (SSSR count). The molecule has 0 aromatic heterocycles. The van der Waals surface area contributed by atoms with E-state index in [9.17, 15) is 0 Å². The van der Waals surface area contributed by atoms with Crippen molar-refractivity contribution in [1.29, 1.82) is 5.53 Å². The zero-order valence-electron chi connectivity index (χ0n) is 19.6. The number of nitrogens with one attached hydrogen (secondary N) is 1. The summed E-state index contributed by atoms with van der Waals surface area (Å²) in [4.78, 5) is 0. The average Bonchev–Trinajstić information content (AvgIpc) is 3.23. The van der Waals surface area contributed by atoms with Crippen LogP contribution in [0.15, 0.2) is 65.8 Å². The smallest absolute Gasteiger partial charge is 0.261 e. The van der Waals surface area contributed by atoms with Crippen LogP contribution in [0.25, 0.3) is 0 Å². The lowest BCUT2D eigenvalue weighted by Crippen LogP contribution is -2.67. The first-order valence-corrected chi connectivity index (χ1v) is 13.2. The highest BCUT2D eigenvalue weighted by molar-refractivity contribution is 6.99. The highest BCUT2D eigenvalue weighted by Gasteiger charge is 2.57. The van der Waals surface area contributed by atoms with Crippen molar-refractivity contribution >= 4 is 18.7 Å². The molecule has 172 valence electrons. The van der Waals surface area contributed by atoms with Gasteiger partial charge < -0.3 is 18.6 Å². The second-order valence-corrected chi connectivity index (χ2v) is 14.4. The van der Waals surface area contributed by atoms with Gasteiger partial charge in [-0.25, -0.2) is 5.53 Å². The summed E-state index contributed by atoms with van der Waals surface area (Å²) < 4.78 is 25.6. The Morgan fingerprint density at radius 1 is 0.906 bits per heavy atom. The molecule has 2 aromatic rings. The van der Waals surface area contributed by atoms with Gasteiger partial charge in [0, 0.05) is 0 Å². The van der Waals surface area contributed by atoms with Gasteiger partial charge in [0.05, 0.1) is 13.2 Å². The van der Waals surface area contributed by atoms with Crippen LogP contribution in [0.2, 0.25) is 5.04 Å². The average molecular weight is 455 g/mol. The molecule has 2 fully saturated rings. The van der Waals surface area contributed by atoms with Gasteiger partial charge in [-0.05, 0) is 29.3 Å². The van der Waals surface area contributed by atoms with E-state index in [0.717, 1.165) is 0 Å². The van der Waals surface area contributed by atoms with Crippen LogP contribution >= 0.6 is 0 Å². The van der Waals surface area contributed by atoms with Crippen molar-refractivity contribution in [2.24, 2.45) is 5.11 Å². The van der Waals surface area contributed by atoms with Gasteiger partial charge >= 0.3 is 0 Å². The number of rotatable bonds is 7. The minimum Gasteiger partial charge on any atom is -0.405 e. The van der Waals surface area contributed by atoms with Crippen molar-refractivity contribution in [1.82, 2.24) is 0 Å². The number of ether oxygens (including phenoxy) is 3. The molecule has 2 heterocycles. The standard InChI is InChI=1S/C25H34N2O4Si/c1-24(2,3)32(18-12-8-6-9-13-18,19-14-10-7-11-15-19)28-17-21-23-22(20(29-21)16-27-26)30-25(4,5)31-23/h6-15,20-23,26H,16-17H2,1-5H3/t20-,21+,22?,23-/m0/s1. The SMILES string of the molecule is CC1(C)OC2[C@H](CN=N)O[C@H](CO[Si](c3ccccc3)(c3ccccc3)C(C)(C)C)[C@@H]2O1. The van der Waals surface area contributed by atoms with Gasteiger partial charge in [0.1, 0.15) is 24.4 Å². The van der Waals surface area contributed by atoms with E-state index in [4.69, 9.17) is 24.2 Å². The maximum atomic E-state index is 7.32. The number of benzene rings is 2. The number of nitrogens with zero attached hydrogens (tertiary/aromatic N) is 1. The molecule has 2 aromatic carbocycles. The number of hydrogen-bond acceptors (Lipinski definition) is 6. The van der Waals surface area contributed by atoms with Crippen LogP contribution in [0.3, 0.4) is 0 Å². The first-order chi connectivity index (χ1) is 15.2. The first-order valence-electron chi connectivity index (χ1n) is 11.3. The van der Waals surface area contributed by atoms with E-state index in [1.54, 1.807) is 0 Å². The van der Waals surface area contributed by atoms with Gasteiger partial charge in [-0.1, -0.05) is 81.4 Å². The van der Waals surface area contributed by atoms with E-state index in [0.29, 0.717) is 6.61 Å². The Morgan fingerprint density at radius 2 is 1.41 bits per heavy atom. The largest absolute Gasteiger partial charge is 0.405 e. The summed E-state index contributed by atoms with van der Waals surface area (Å²) in [7, 11) is -2.67. The van der Waals surface area contributed by atoms with Crippen LogP contribution in [0.1, 0.15) is 34.6 Å². The Bertz CT molecular complexity index is 877. The van der Waals surface area contributed by atoms with Gasteiger partial charge in [0.25, 0.3) is 8.32 Å². The highest BCUT2D eigenvalue weighted by Crippen LogP contribution is 2.41. The fourth-order valence-corrected chi connectivity index (χ4v) is 9.68. The first kappa shape index (κ1) is 23.3. The maximum absolute atomic E-state index is 7.32. The summed E-state index contributed by atoms with van der Waals surface area (Å²) in [6.07, 6.45) is -1.07. The van der Waals surface area contributed by atoms with Gasteiger partial charge in [0.2, 0.25) is 0 Å². The molecule has 6 nitrogen and oxygen atoms in total. The van der Waals surface area contributed by atoms with E-state index >= 15 is 0 Å². The lowest BCUT2D eigenvalue weighted by molar-refractivity contribution is -0.188. The van der Waals surface area contributed by atoms with Crippen LogP contribution < -0.4 is 10.4 Å². The van der Waals surface area contributed by atoms with Gasteiger partial charge in [-0.3, -0.25) is 0 Å². The Balaban J connectivity index is 1.69. The fourth-order valence-electron chi connectivity index (χ4n) is 5.11. The third kappa shape index (κ3) is 4.20. The lowest BCUT2D eigenvalue weighted by Gasteiger charge is -2.43. The summed E-state index contributed by atoms with van der Waals surface area (Å²) in [6, 6.07) is 21.2. The van der Waals surface area contributed by atoms with Crippen LogP contribution in [0.5, 0.6) is 0 Å². The molecule has 7 heteroatoms. The second-order valence-electron chi connectivity index (χ2n) is 10.1. The summed E-state index contributed by atoms with van der Waals surface area (Å²) >= 11 is 0. The predicted molar refractivity (Wildman–Crippen MR) is 126 cm³/mol. The van der Waals surface area contributed by atoms with E-state index in [1.165, 1.54) is 10.4 Å². The molecule has 0 amide bonds. The van der Waals surface area contributed by atoms with Crippen molar-refractivity contribution in [2.75, 3.05) is 13.2 Å². The van der Waals surface area contributed by atoms with Crippen molar-refractivity contribution in [3.63, 3.8) is 0 Å². The predicted octanol–water partition coefficient (Wildman–Crippen LogP) is 3.88. The normalized spacial score (nSPS) is 27.3. The lowest BCUT2D eigenvalue weighted by atomic mass is 10.1. The van der Waals surface area contributed by atoms with E-state index in [-0.39, 0.29) is 36.0 Å². The van der Waals surface area contributed by atoms with Crippen molar-refractivity contribution in [3.8, 4) is 0 Å². The quantitative estimate of drug-likeness (QED) is 0.509. The number of hydrogen-bond donors (Lipinski definition) is 1. The Labute approximate surface area is 191 Å². The second kappa shape index (κ2) is 8.80. The van der Waals surface area contributed by atoms with Gasteiger partial charge in [0.15, 0.2) is 5.79 Å². The minimum atomic E-state index is -2.67. The zero-order chi connectivity index (χ0) is 23.0. The van der Waals surface area contributed by atoms with Crippen molar-refractivity contribution in [2.45, 2.75) is 69.9 Å². The molecule has 0 spiro atoms. The Hall–Kier alpha value is -1.90. The molecule has 0 bridgehead atoms. The molecule has 1 unspecified atom stereocenters. The molecule has 2 aliphatic heterocycles. The van der Waals surface area contributed by atoms with E-state index in [1.807, 2.05) is 26.0 Å². The Kier molecular flexibility index (Phi) is 6.40. The molecule has 2 aliphatic rings. The highest BCUT2D eigenvalue weighted by atomic mass is 28.4. The summed E-state index contributed by atoms with van der Waals surface area (Å²) in [6.45, 7) is 11.3. The fraction of sp³-hybridized carbons (Fsp3) is 0.520. The van der Waals surface area contributed by atoms with Gasteiger partial charge in [-0.15, -0.1) is 0 Å². The van der Waals surface area contributed by atoms with Crippen molar-refractivity contribution < 1.29 is 18.6 Å². The monoisotopic (exact) mass is 454 g/mol. The molecule has 0 radical (unpaired) electrons. The van der Waals surface area contributed by atoms with Crippen LogP contribution in [-0.2, 0) is 18.6 Å². The molecule has 2 saturated heterocycles. The number of fused-ring (bicyclic) bond motifs is 1. The van der Waals surface area contributed by atoms with Crippen molar-refractivity contribution in [3.05, 3.63) is 60.7 Å². The van der Waals surface area contributed by atoms with Crippen LogP contribution in [0.4, 0.5) is 0 Å². The summed E-state index contributed by atoms with van der Waals surface area (Å²) in [5.41, 5.74) is 7.32. The van der Waals surface area contributed by atoms with Gasteiger partial charge in [-0.2, -0.15) is 5.11 Å². The minimum absolute atomic E-state index is 0.115. The molecule has 0 saturated carbocycles. The van der Waals surface area contributed by atoms with Crippen LogP contribution in [0, 0.1) is 5.53 Å². The summed E-state index contributed by atoms with van der Waals surface area (Å²) in [5, 5.41) is 5.91. The molecule has 4 atom stereocenters. The topological polar surface area (TPSA) is 73.1 Å². The molecular weight excluding hydrogens is 420 g/mol. The zero-order valence-corrected chi connectivity index (χ0v) is 20.6. The molecule has 1 N–H and O–H groups in total. The molecule has 32 heavy (non-hydrogen) atoms. The van der Waals surface area contributed by atoms with E-state index in [2.05, 4.69) is 74.4 Å². The van der Waals surface area contributed by atoms with E-state index < -0.39 is 14.1 Å². The Morgan fingerprint density at radius 3 is 1.88 bits per heavy atom. The summed E-state index contributed by atoms with van der Waals surface area (Å²) in [5.74, 6) is -0.685. The molecular formula is C25H34N2O4Si. The maximum Gasteiger partial charge on any atom is 0.261 e. The third-order valence-corrected chi connectivity index (χ3v) is 11.4. The van der Waals surface area contributed by atoms with Crippen LogP contribution in [-0.4, -0.2) is 51.7 Å². The molecule has 0 aliphatic carbocycles. The third-order valence-electron chi connectivity index (χ3n) is 6.40.